The Kier molecular flexibility index (Phi) is 3.39. The van der Waals surface area contributed by atoms with E-state index in [1.165, 1.54) is 0 Å². The van der Waals surface area contributed by atoms with Gasteiger partial charge in [-0.15, -0.1) is 0 Å². The van der Waals surface area contributed by atoms with Gasteiger partial charge in [0.2, 0.25) is 5.88 Å². The lowest BCUT2D eigenvalue weighted by atomic mass is 10.0. The number of fused-ring (bicyclic) bond motifs is 2. The van der Waals surface area contributed by atoms with Crippen molar-refractivity contribution in [3.05, 3.63) is 55.7 Å². The van der Waals surface area contributed by atoms with Crippen LogP contribution in [-0.4, -0.2) is 16.1 Å². The van der Waals surface area contributed by atoms with Gasteiger partial charge >= 0.3 is 5.69 Å². The van der Waals surface area contributed by atoms with Crippen molar-refractivity contribution < 1.29 is 9.47 Å². The molecule has 0 amide bonds. The summed E-state index contributed by atoms with van der Waals surface area (Å²) in [6, 6.07) is 5.71. The second-order valence-corrected chi connectivity index (χ2v) is 5.30. The monoisotopic (exact) mass is 288 g/mol. The fourth-order valence-corrected chi connectivity index (χ4v) is 2.26. The minimum Gasteiger partial charge on any atom is -0.440 e. The van der Waals surface area contributed by atoms with Gasteiger partial charge in [-0.25, -0.2) is 4.79 Å². The maximum atomic E-state index is 11.8. The number of aromatic amines is 2. The predicted octanol–water partition coefficient (Wildman–Crippen LogP) is 1.68. The summed E-state index contributed by atoms with van der Waals surface area (Å²) in [6.07, 6.45) is 0.581. The molecule has 1 aromatic carbocycles. The van der Waals surface area contributed by atoms with Crippen LogP contribution in [0.5, 0.6) is 11.6 Å². The summed E-state index contributed by atoms with van der Waals surface area (Å²) >= 11 is 0. The number of hydrogen-bond donors (Lipinski definition) is 2. The Morgan fingerprint density at radius 3 is 2.86 bits per heavy atom. The molecule has 6 nitrogen and oxygen atoms in total. The van der Waals surface area contributed by atoms with Crippen molar-refractivity contribution in [2.75, 3.05) is 0 Å². The van der Waals surface area contributed by atoms with Crippen LogP contribution in [0.3, 0.4) is 0 Å². The van der Waals surface area contributed by atoms with Crippen LogP contribution < -0.4 is 16.0 Å². The summed E-state index contributed by atoms with van der Waals surface area (Å²) in [6.45, 7) is 4.47. The van der Waals surface area contributed by atoms with E-state index in [-0.39, 0.29) is 12.0 Å². The molecule has 110 valence electrons. The summed E-state index contributed by atoms with van der Waals surface area (Å²) in [5.74, 6) is 0.875. The second-order valence-electron chi connectivity index (χ2n) is 5.30. The van der Waals surface area contributed by atoms with E-state index < -0.39 is 11.2 Å². The number of aromatic nitrogens is 2. The molecule has 2 heterocycles. The Labute approximate surface area is 120 Å². The van der Waals surface area contributed by atoms with Crippen molar-refractivity contribution in [2.45, 2.75) is 33.0 Å². The standard InChI is InChI=1S/C15H16N2O4/c1-8(2)20-7-9-3-4-12-10(5-9)6-11-13(18)16-15(19)17-14(11)21-12/h3-5,8H,6-7H2,1-2H3,(H2,16,17,18,19). The highest BCUT2D eigenvalue weighted by molar-refractivity contribution is 5.47. The molecule has 0 fully saturated rings. The van der Waals surface area contributed by atoms with Crippen molar-refractivity contribution in [1.82, 2.24) is 9.97 Å². The molecule has 2 aromatic rings. The second kappa shape index (κ2) is 5.21. The maximum absolute atomic E-state index is 11.8. The molecule has 21 heavy (non-hydrogen) atoms. The summed E-state index contributed by atoms with van der Waals surface area (Å²) in [7, 11) is 0. The molecule has 0 aliphatic carbocycles. The van der Waals surface area contributed by atoms with Crippen molar-refractivity contribution >= 4 is 0 Å². The number of rotatable bonds is 3. The van der Waals surface area contributed by atoms with E-state index in [1.54, 1.807) is 0 Å². The lowest BCUT2D eigenvalue weighted by Crippen LogP contribution is -2.28. The van der Waals surface area contributed by atoms with Crippen LogP contribution in [0.2, 0.25) is 0 Å². The van der Waals surface area contributed by atoms with Gasteiger partial charge < -0.3 is 9.47 Å². The van der Waals surface area contributed by atoms with Gasteiger partial charge in [0.25, 0.3) is 5.56 Å². The van der Waals surface area contributed by atoms with Crippen LogP contribution in [0.25, 0.3) is 0 Å². The van der Waals surface area contributed by atoms with Gasteiger partial charge in [-0.2, -0.15) is 0 Å². The Morgan fingerprint density at radius 2 is 2.10 bits per heavy atom. The third kappa shape index (κ3) is 2.75. The zero-order valence-electron chi connectivity index (χ0n) is 11.9. The van der Waals surface area contributed by atoms with E-state index in [0.717, 1.165) is 11.1 Å². The fraction of sp³-hybridized carbons (Fsp3) is 0.333. The normalized spacial score (nSPS) is 12.7. The molecule has 1 aliphatic heterocycles. The molecule has 3 rings (SSSR count). The lowest BCUT2D eigenvalue weighted by molar-refractivity contribution is 0.0656. The smallest absolute Gasteiger partial charge is 0.328 e. The number of benzene rings is 1. The van der Waals surface area contributed by atoms with Gasteiger partial charge in [-0.1, -0.05) is 6.07 Å². The average molecular weight is 288 g/mol. The van der Waals surface area contributed by atoms with Gasteiger partial charge in [-0.3, -0.25) is 14.8 Å². The first kappa shape index (κ1) is 13.6. The highest BCUT2D eigenvalue weighted by atomic mass is 16.5. The van der Waals surface area contributed by atoms with Crippen LogP contribution in [-0.2, 0) is 17.8 Å². The van der Waals surface area contributed by atoms with Gasteiger partial charge in [0.1, 0.15) is 5.75 Å². The van der Waals surface area contributed by atoms with Gasteiger partial charge in [0.05, 0.1) is 18.3 Å². The Bertz CT molecular complexity index is 789. The first-order valence-corrected chi connectivity index (χ1v) is 6.79. The van der Waals surface area contributed by atoms with Crippen LogP contribution >= 0.6 is 0 Å². The van der Waals surface area contributed by atoms with Crippen LogP contribution in [0.15, 0.2) is 27.8 Å². The van der Waals surface area contributed by atoms with E-state index in [9.17, 15) is 9.59 Å². The molecule has 0 spiro atoms. The molecule has 0 saturated carbocycles. The maximum Gasteiger partial charge on any atom is 0.328 e. The van der Waals surface area contributed by atoms with Crippen LogP contribution in [0, 0.1) is 0 Å². The number of ether oxygens (including phenoxy) is 2. The lowest BCUT2D eigenvalue weighted by Gasteiger charge is -2.19. The number of H-pyrrole nitrogens is 2. The van der Waals surface area contributed by atoms with Crippen molar-refractivity contribution in [3.63, 3.8) is 0 Å². The number of nitrogens with one attached hydrogen (secondary N) is 2. The zero-order valence-corrected chi connectivity index (χ0v) is 11.9. The van der Waals surface area contributed by atoms with Crippen molar-refractivity contribution in [2.24, 2.45) is 0 Å². The van der Waals surface area contributed by atoms with E-state index in [2.05, 4.69) is 9.97 Å². The molecule has 0 radical (unpaired) electrons. The van der Waals surface area contributed by atoms with Gasteiger partial charge in [0, 0.05) is 6.42 Å². The summed E-state index contributed by atoms with van der Waals surface area (Å²) in [5, 5.41) is 0. The van der Waals surface area contributed by atoms with Crippen molar-refractivity contribution in [3.8, 4) is 11.6 Å². The molecule has 6 heteroatoms. The molecular weight excluding hydrogens is 272 g/mol. The van der Waals surface area contributed by atoms with Crippen LogP contribution in [0.4, 0.5) is 0 Å². The quantitative estimate of drug-likeness (QED) is 0.768. The first-order valence-electron chi connectivity index (χ1n) is 6.79. The van der Waals surface area contributed by atoms with E-state index in [4.69, 9.17) is 9.47 Å². The SMILES string of the molecule is CC(C)OCc1ccc2c(c1)Cc1c([nH]c(=O)[nH]c1=O)O2. The van der Waals surface area contributed by atoms with E-state index in [0.29, 0.717) is 24.3 Å². The molecular formula is C15H16N2O4. The van der Waals surface area contributed by atoms with Gasteiger partial charge in [-0.05, 0) is 37.1 Å². The third-order valence-electron chi connectivity index (χ3n) is 3.29. The molecule has 0 atom stereocenters. The molecule has 2 N–H and O–H groups in total. The molecule has 0 unspecified atom stereocenters. The van der Waals surface area contributed by atoms with E-state index in [1.807, 2.05) is 32.0 Å². The molecule has 1 aromatic heterocycles. The summed E-state index contributed by atoms with van der Waals surface area (Å²) in [5.41, 5.74) is 1.39. The first-order chi connectivity index (χ1) is 10.0. The zero-order chi connectivity index (χ0) is 15.0. The summed E-state index contributed by atoms with van der Waals surface area (Å²) in [4.78, 5) is 27.8. The van der Waals surface area contributed by atoms with Crippen LogP contribution in [0.1, 0.15) is 30.5 Å². The largest absolute Gasteiger partial charge is 0.440 e. The van der Waals surface area contributed by atoms with Gasteiger partial charge in [0.15, 0.2) is 0 Å². The summed E-state index contributed by atoms with van der Waals surface area (Å²) < 4.78 is 11.2. The average Bonchev–Trinajstić information content (AvgIpc) is 2.43. The highest BCUT2D eigenvalue weighted by Gasteiger charge is 2.21. The molecule has 0 saturated heterocycles. The topological polar surface area (TPSA) is 84.2 Å². The Hall–Kier alpha value is -2.34. The predicted molar refractivity (Wildman–Crippen MR) is 76.9 cm³/mol. The van der Waals surface area contributed by atoms with Crippen molar-refractivity contribution in [1.29, 1.82) is 0 Å². The molecule has 0 bridgehead atoms. The Morgan fingerprint density at radius 1 is 1.29 bits per heavy atom. The minimum atomic E-state index is -0.566. The van der Waals surface area contributed by atoms with E-state index >= 15 is 0 Å². The third-order valence-corrected chi connectivity index (χ3v) is 3.29. The number of hydrogen-bond acceptors (Lipinski definition) is 4. The Balaban J connectivity index is 1.93. The minimum absolute atomic E-state index is 0.158. The highest BCUT2D eigenvalue weighted by Crippen LogP contribution is 2.33. The molecule has 1 aliphatic rings. The fourth-order valence-electron chi connectivity index (χ4n) is 2.26.